The Hall–Kier alpha value is -5.93. The maximum absolute atomic E-state index is 14.5. The maximum Gasteiger partial charge on any atom is 0.432 e. The highest BCUT2D eigenvalue weighted by molar-refractivity contribution is 5.92. The van der Waals surface area contributed by atoms with E-state index in [9.17, 15) is 35.9 Å². The number of nitrogens with zero attached hydrogens (tertiary/aromatic N) is 3. The van der Waals surface area contributed by atoms with Crippen LogP contribution in [0.5, 0.6) is 11.5 Å². The van der Waals surface area contributed by atoms with Crippen LogP contribution in [0.2, 0.25) is 0 Å². The summed E-state index contributed by atoms with van der Waals surface area (Å²) >= 11 is 0. The third kappa shape index (κ3) is 6.64. The van der Waals surface area contributed by atoms with Gasteiger partial charge in [-0.25, -0.2) is 24.5 Å². The lowest BCUT2D eigenvalue weighted by Gasteiger charge is -2.32. The van der Waals surface area contributed by atoms with Gasteiger partial charge in [-0.05, 0) is 43.3 Å². The van der Waals surface area contributed by atoms with Gasteiger partial charge in [0.15, 0.2) is 11.5 Å². The summed E-state index contributed by atoms with van der Waals surface area (Å²) < 4.78 is 104. The zero-order chi connectivity index (χ0) is 38.2. The van der Waals surface area contributed by atoms with Gasteiger partial charge in [0.25, 0.3) is 11.2 Å². The highest BCUT2D eigenvalue weighted by atomic mass is 19.4. The number of pyridine rings is 3. The third-order valence-corrected chi connectivity index (χ3v) is 8.56. The van der Waals surface area contributed by atoms with E-state index in [4.69, 9.17) is 14.2 Å². The van der Waals surface area contributed by atoms with Crippen LogP contribution in [-0.2, 0) is 24.7 Å². The molecule has 0 radical (unpaired) electrons. The van der Waals surface area contributed by atoms with Crippen LogP contribution in [0.1, 0.15) is 12.5 Å². The number of rotatable bonds is 9. The molecule has 9 nitrogen and oxygen atoms in total. The van der Waals surface area contributed by atoms with Gasteiger partial charge in [0, 0.05) is 30.6 Å². The summed E-state index contributed by atoms with van der Waals surface area (Å²) in [5.41, 5.74) is -5.92. The van der Waals surface area contributed by atoms with E-state index in [0.717, 1.165) is 26.4 Å². The number of halogens is 6. The first kappa shape index (κ1) is 36.8. The third-order valence-electron chi connectivity index (χ3n) is 8.56. The summed E-state index contributed by atoms with van der Waals surface area (Å²) in [5, 5.41) is 0.896. The summed E-state index contributed by atoms with van der Waals surface area (Å²) in [4.78, 5) is 39.8. The number of benzene rings is 3. The fourth-order valence-corrected chi connectivity index (χ4v) is 5.48. The first-order valence-corrected chi connectivity index (χ1v) is 15.6. The van der Waals surface area contributed by atoms with Gasteiger partial charge in [-0.15, -0.1) is 0 Å². The van der Waals surface area contributed by atoms with E-state index in [1.807, 2.05) is 0 Å². The molecule has 0 amide bonds. The van der Waals surface area contributed by atoms with Crippen molar-refractivity contribution in [3.63, 3.8) is 0 Å². The Bertz CT molecular complexity index is 2340. The number of methoxy groups -OCH3 is 2. The SMILES string of the molecule is COC(C(=O)Oc1cccc2ccc(-c3cccc(-c4ccc5cccc(OC(=O)[C@@](C)(OC)C(F)(F)F)c5n4)n3)nc12)(c1ccccc1)C(F)(F)F. The second-order valence-corrected chi connectivity index (χ2v) is 11.7. The number of carbonyl (C=O) groups excluding carboxylic acids is 2. The van der Waals surface area contributed by atoms with Crippen LogP contribution in [-0.4, -0.2) is 59.1 Å². The molecule has 1 unspecified atom stereocenters. The Morgan fingerprint density at radius 2 is 0.981 bits per heavy atom. The fraction of sp³-hybridized carbons (Fsp3) is 0.184. The molecule has 0 aliphatic rings. The summed E-state index contributed by atoms with van der Waals surface area (Å²) in [7, 11) is 1.51. The van der Waals surface area contributed by atoms with Gasteiger partial charge in [-0.2, -0.15) is 26.3 Å². The zero-order valence-corrected chi connectivity index (χ0v) is 28.0. The average molecular weight is 736 g/mol. The minimum atomic E-state index is -5.19. The lowest BCUT2D eigenvalue weighted by Crippen LogP contribution is -2.53. The molecule has 0 saturated heterocycles. The molecule has 0 fully saturated rings. The smallest absolute Gasteiger partial charge is 0.422 e. The Labute approximate surface area is 297 Å². The molecule has 0 saturated carbocycles. The fourth-order valence-electron chi connectivity index (χ4n) is 5.48. The second kappa shape index (κ2) is 13.9. The molecule has 0 spiro atoms. The van der Waals surface area contributed by atoms with Gasteiger partial charge in [0.05, 0.1) is 22.8 Å². The highest BCUT2D eigenvalue weighted by Crippen LogP contribution is 2.44. The number of aromatic nitrogens is 3. The number of fused-ring (bicyclic) bond motifs is 2. The summed E-state index contributed by atoms with van der Waals surface area (Å²) in [6.45, 7) is 0.558. The summed E-state index contributed by atoms with van der Waals surface area (Å²) in [6, 6.07) is 26.5. The van der Waals surface area contributed by atoms with Crippen molar-refractivity contribution in [3.05, 3.63) is 115 Å². The molecule has 272 valence electrons. The predicted molar refractivity (Wildman–Crippen MR) is 180 cm³/mol. The molecule has 6 aromatic rings. The van der Waals surface area contributed by atoms with Crippen LogP contribution in [0.15, 0.2) is 109 Å². The van der Waals surface area contributed by atoms with E-state index >= 15 is 0 Å². The van der Waals surface area contributed by atoms with Crippen molar-refractivity contribution in [3.8, 4) is 34.3 Å². The number of ether oxygens (including phenoxy) is 4. The number of para-hydroxylation sites is 2. The van der Waals surface area contributed by atoms with Crippen molar-refractivity contribution >= 4 is 33.7 Å². The molecule has 15 heteroatoms. The molecule has 53 heavy (non-hydrogen) atoms. The molecule has 6 rings (SSSR count). The van der Waals surface area contributed by atoms with E-state index in [1.54, 1.807) is 54.6 Å². The molecule has 3 aromatic heterocycles. The Balaban J connectivity index is 1.35. The number of esters is 2. The van der Waals surface area contributed by atoms with Crippen LogP contribution in [0.3, 0.4) is 0 Å². The quantitative estimate of drug-likeness (QED) is 0.0822. The van der Waals surface area contributed by atoms with Crippen molar-refractivity contribution in [2.45, 2.75) is 30.5 Å². The molecular weight excluding hydrogens is 708 g/mol. The van der Waals surface area contributed by atoms with Crippen LogP contribution in [0.4, 0.5) is 26.3 Å². The first-order valence-electron chi connectivity index (χ1n) is 15.6. The number of carbonyl (C=O) groups is 2. The first-order chi connectivity index (χ1) is 25.1. The molecule has 3 aromatic carbocycles. The molecule has 0 aliphatic heterocycles. The molecule has 0 N–H and O–H groups in total. The van der Waals surface area contributed by atoms with E-state index in [-0.39, 0.29) is 33.9 Å². The van der Waals surface area contributed by atoms with Gasteiger partial charge in [-0.3, -0.25) is 0 Å². The van der Waals surface area contributed by atoms with Gasteiger partial charge < -0.3 is 18.9 Å². The van der Waals surface area contributed by atoms with Crippen molar-refractivity contribution < 1.29 is 54.9 Å². The molecule has 0 aliphatic carbocycles. The number of alkyl halides is 6. The second-order valence-electron chi connectivity index (χ2n) is 11.7. The standard InChI is InChI=1S/C38H27F6N3O6/c1-35(50-2,37(39,40)41)33(48)52-29-16-7-10-22-18-20-27(46-31(22)29)25-14-9-15-26(45-25)28-21-19-23-11-8-17-30(32(23)47-28)53-34(49)36(51-3,38(42,43)44)24-12-5-4-6-13-24/h4-21H,1-3H3/t35-,36?/m1/s1. The van der Waals surface area contributed by atoms with E-state index < -0.39 is 41.1 Å². The van der Waals surface area contributed by atoms with Crippen molar-refractivity contribution in [2.24, 2.45) is 0 Å². The molecule has 3 heterocycles. The Kier molecular flexibility index (Phi) is 9.66. The lowest BCUT2D eigenvalue weighted by molar-refractivity contribution is -0.272. The van der Waals surface area contributed by atoms with Gasteiger partial charge in [-0.1, -0.05) is 72.8 Å². The minimum Gasteiger partial charge on any atom is -0.422 e. The van der Waals surface area contributed by atoms with Crippen LogP contribution < -0.4 is 9.47 Å². The highest BCUT2D eigenvalue weighted by Gasteiger charge is 2.64. The lowest BCUT2D eigenvalue weighted by atomic mass is 9.92. The number of hydrogen-bond acceptors (Lipinski definition) is 9. The van der Waals surface area contributed by atoms with Gasteiger partial charge in [0.1, 0.15) is 11.0 Å². The molecule has 2 atom stereocenters. The zero-order valence-electron chi connectivity index (χ0n) is 28.0. The monoisotopic (exact) mass is 735 g/mol. The van der Waals surface area contributed by atoms with Gasteiger partial charge in [0.2, 0.25) is 0 Å². The van der Waals surface area contributed by atoms with Crippen molar-refractivity contribution in [1.29, 1.82) is 0 Å². The van der Waals surface area contributed by atoms with Crippen molar-refractivity contribution in [2.75, 3.05) is 14.2 Å². The van der Waals surface area contributed by atoms with Crippen LogP contribution in [0, 0.1) is 0 Å². The van der Waals surface area contributed by atoms with Crippen LogP contribution >= 0.6 is 0 Å². The summed E-state index contributed by atoms with van der Waals surface area (Å²) in [6.07, 6.45) is -10.3. The Morgan fingerprint density at radius 1 is 0.509 bits per heavy atom. The van der Waals surface area contributed by atoms with Crippen LogP contribution in [0.25, 0.3) is 44.6 Å². The molecule has 0 bridgehead atoms. The topological polar surface area (TPSA) is 110 Å². The van der Waals surface area contributed by atoms with E-state index in [2.05, 4.69) is 19.7 Å². The van der Waals surface area contributed by atoms with E-state index in [1.165, 1.54) is 42.5 Å². The average Bonchev–Trinajstić information content (AvgIpc) is 3.14. The van der Waals surface area contributed by atoms with Gasteiger partial charge >= 0.3 is 24.3 Å². The van der Waals surface area contributed by atoms with E-state index in [0.29, 0.717) is 29.1 Å². The Morgan fingerprint density at radius 3 is 1.43 bits per heavy atom. The predicted octanol–water partition coefficient (Wildman–Crippen LogP) is 8.39. The molecular formula is C38H27F6N3O6. The number of hydrogen-bond donors (Lipinski definition) is 0. The minimum absolute atomic E-state index is 0.0583. The normalized spacial score (nSPS) is 14.4. The van der Waals surface area contributed by atoms with Crippen molar-refractivity contribution in [1.82, 2.24) is 15.0 Å². The largest absolute Gasteiger partial charge is 0.432 e. The summed E-state index contributed by atoms with van der Waals surface area (Å²) in [5.74, 6) is -3.92. The maximum atomic E-state index is 14.5.